The number of aliphatic hydroxyl groups excluding tert-OH is 1. The van der Waals surface area contributed by atoms with Gasteiger partial charge < -0.3 is 10.2 Å². The van der Waals surface area contributed by atoms with E-state index in [1.807, 2.05) is 13.8 Å². The molecule has 8 nitrogen and oxygen atoms in total. The summed E-state index contributed by atoms with van der Waals surface area (Å²) in [6, 6.07) is 0. The standard InChI is InChI=1S/C11H19N3O5S/c1-8(2)3-9(15)4-13-20(18,19)10-5-12-14(6-10)7-11(16)17/h5-6,8-9,13,15H,3-4,7H2,1-2H3,(H,16,17). The van der Waals surface area contributed by atoms with Crippen LogP contribution in [-0.4, -0.2) is 47.0 Å². The Morgan fingerprint density at radius 2 is 2.15 bits per heavy atom. The number of hydrogen-bond acceptors (Lipinski definition) is 5. The zero-order valence-electron chi connectivity index (χ0n) is 11.4. The van der Waals surface area contributed by atoms with E-state index in [9.17, 15) is 18.3 Å². The average Bonchev–Trinajstić information content (AvgIpc) is 2.74. The molecule has 0 bridgehead atoms. The van der Waals surface area contributed by atoms with Gasteiger partial charge in [-0.2, -0.15) is 5.10 Å². The molecule has 20 heavy (non-hydrogen) atoms. The van der Waals surface area contributed by atoms with Crippen LogP contribution in [-0.2, 0) is 21.4 Å². The largest absolute Gasteiger partial charge is 0.480 e. The van der Waals surface area contributed by atoms with Gasteiger partial charge in [-0.15, -0.1) is 0 Å². The molecule has 1 aromatic heterocycles. The molecule has 0 aliphatic carbocycles. The predicted octanol–water partition coefficient (Wildman–Crippen LogP) is -0.347. The molecule has 0 saturated carbocycles. The number of aliphatic carboxylic acids is 1. The number of aromatic nitrogens is 2. The number of carboxylic acid groups (broad SMARTS) is 1. The van der Waals surface area contributed by atoms with E-state index >= 15 is 0 Å². The number of carbonyl (C=O) groups is 1. The fraction of sp³-hybridized carbons (Fsp3) is 0.636. The van der Waals surface area contributed by atoms with Crippen molar-refractivity contribution in [2.45, 2.75) is 37.8 Å². The summed E-state index contributed by atoms with van der Waals surface area (Å²) in [7, 11) is -3.79. The second-order valence-corrected chi connectivity index (χ2v) is 6.67. The Morgan fingerprint density at radius 3 is 2.70 bits per heavy atom. The normalized spacial score (nSPS) is 13.6. The van der Waals surface area contributed by atoms with Gasteiger partial charge in [0.25, 0.3) is 0 Å². The van der Waals surface area contributed by atoms with E-state index in [2.05, 4.69) is 9.82 Å². The lowest BCUT2D eigenvalue weighted by Crippen LogP contribution is -2.32. The summed E-state index contributed by atoms with van der Waals surface area (Å²) in [4.78, 5) is 10.4. The van der Waals surface area contributed by atoms with E-state index in [0.29, 0.717) is 6.42 Å². The van der Waals surface area contributed by atoms with Crippen LogP contribution in [0.15, 0.2) is 17.3 Å². The van der Waals surface area contributed by atoms with Crippen molar-refractivity contribution in [3.8, 4) is 0 Å². The Morgan fingerprint density at radius 1 is 1.50 bits per heavy atom. The molecule has 1 aromatic rings. The highest BCUT2D eigenvalue weighted by Crippen LogP contribution is 2.08. The lowest BCUT2D eigenvalue weighted by molar-refractivity contribution is -0.137. The molecule has 0 fully saturated rings. The van der Waals surface area contributed by atoms with Gasteiger partial charge in [0.2, 0.25) is 10.0 Å². The molecule has 9 heteroatoms. The maximum atomic E-state index is 11.9. The Bertz CT molecular complexity index is 552. The van der Waals surface area contributed by atoms with Crippen molar-refractivity contribution < 1.29 is 23.4 Å². The summed E-state index contributed by atoms with van der Waals surface area (Å²) in [5.41, 5.74) is 0. The van der Waals surface area contributed by atoms with Crippen molar-refractivity contribution in [1.29, 1.82) is 0 Å². The number of nitrogens with zero attached hydrogens (tertiary/aromatic N) is 2. The van der Waals surface area contributed by atoms with Gasteiger partial charge in [0.1, 0.15) is 11.4 Å². The molecule has 0 spiro atoms. The summed E-state index contributed by atoms with van der Waals surface area (Å²) >= 11 is 0. The van der Waals surface area contributed by atoms with Crippen LogP contribution in [0.3, 0.4) is 0 Å². The van der Waals surface area contributed by atoms with E-state index in [1.165, 1.54) is 0 Å². The third kappa shape index (κ3) is 5.27. The first-order valence-electron chi connectivity index (χ1n) is 6.12. The fourth-order valence-electron chi connectivity index (χ4n) is 1.63. The number of hydrogen-bond donors (Lipinski definition) is 3. The highest BCUT2D eigenvalue weighted by atomic mass is 32.2. The van der Waals surface area contributed by atoms with Crippen LogP contribution >= 0.6 is 0 Å². The van der Waals surface area contributed by atoms with Crippen LogP contribution in [0.25, 0.3) is 0 Å². The summed E-state index contributed by atoms with van der Waals surface area (Å²) < 4.78 is 27.1. The first kappa shape index (κ1) is 16.6. The average molecular weight is 305 g/mol. The lowest BCUT2D eigenvalue weighted by atomic mass is 10.1. The number of rotatable bonds is 8. The van der Waals surface area contributed by atoms with Gasteiger partial charge in [-0.25, -0.2) is 13.1 Å². The molecular formula is C11H19N3O5S. The molecule has 114 valence electrons. The molecule has 3 N–H and O–H groups in total. The first-order chi connectivity index (χ1) is 9.20. The lowest BCUT2D eigenvalue weighted by Gasteiger charge is -2.13. The van der Waals surface area contributed by atoms with Crippen molar-refractivity contribution in [3.63, 3.8) is 0 Å². The van der Waals surface area contributed by atoms with Crippen molar-refractivity contribution >= 4 is 16.0 Å². The van der Waals surface area contributed by atoms with E-state index in [-0.39, 0.29) is 17.4 Å². The van der Waals surface area contributed by atoms with Crippen molar-refractivity contribution in [1.82, 2.24) is 14.5 Å². The van der Waals surface area contributed by atoms with Gasteiger partial charge in [0.15, 0.2) is 0 Å². The van der Waals surface area contributed by atoms with E-state index in [1.54, 1.807) is 0 Å². The van der Waals surface area contributed by atoms with Gasteiger partial charge in [0.05, 0.1) is 12.3 Å². The summed E-state index contributed by atoms with van der Waals surface area (Å²) in [6.07, 6.45) is 1.92. The minimum atomic E-state index is -3.79. The zero-order chi connectivity index (χ0) is 15.3. The van der Waals surface area contributed by atoms with Crippen molar-refractivity contribution in [2.24, 2.45) is 5.92 Å². The van der Waals surface area contributed by atoms with Crippen molar-refractivity contribution in [3.05, 3.63) is 12.4 Å². The highest BCUT2D eigenvalue weighted by Gasteiger charge is 2.18. The number of sulfonamides is 1. The Labute approximate surface area is 117 Å². The molecule has 0 aliphatic rings. The zero-order valence-corrected chi connectivity index (χ0v) is 12.2. The minimum Gasteiger partial charge on any atom is -0.480 e. The van der Waals surface area contributed by atoms with Crippen LogP contribution < -0.4 is 4.72 Å². The highest BCUT2D eigenvalue weighted by molar-refractivity contribution is 7.89. The molecule has 1 rings (SSSR count). The molecule has 0 radical (unpaired) electrons. The van der Waals surface area contributed by atoms with Crippen LogP contribution in [0.1, 0.15) is 20.3 Å². The maximum absolute atomic E-state index is 11.9. The number of nitrogens with one attached hydrogen (secondary N) is 1. The van der Waals surface area contributed by atoms with Crippen LogP contribution in [0.5, 0.6) is 0 Å². The fourth-order valence-corrected chi connectivity index (χ4v) is 2.65. The molecule has 1 unspecified atom stereocenters. The molecular weight excluding hydrogens is 286 g/mol. The third-order valence-electron chi connectivity index (χ3n) is 2.47. The van der Waals surface area contributed by atoms with Gasteiger partial charge in [-0.3, -0.25) is 9.48 Å². The third-order valence-corrected chi connectivity index (χ3v) is 3.85. The second kappa shape index (κ2) is 6.82. The monoisotopic (exact) mass is 305 g/mol. The first-order valence-corrected chi connectivity index (χ1v) is 7.61. The second-order valence-electron chi connectivity index (χ2n) is 4.90. The quantitative estimate of drug-likeness (QED) is 0.603. The number of aliphatic hydroxyl groups is 1. The Balaban J connectivity index is 2.64. The SMILES string of the molecule is CC(C)CC(O)CNS(=O)(=O)c1cnn(CC(=O)O)c1. The van der Waals surface area contributed by atoms with Gasteiger partial charge in [-0.1, -0.05) is 13.8 Å². The Hall–Kier alpha value is -1.45. The van der Waals surface area contributed by atoms with Crippen LogP contribution in [0, 0.1) is 5.92 Å². The summed E-state index contributed by atoms with van der Waals surface area (Å²) in [5.74, 6) is -0.856. The molecule has 0 saturated heterocycles. The van der Waals surface area contributed by atoms with E-state index in [4.69, 9.17) is 5.11 Å². The molecule has 1 atom stereocenters. The number of carboxylic acids is 1. The minimum absolute atomic E-state index is 0.0926. The van der Waals surface area contributed by atoms with E-state index < -0.39 is 28.6 Å². The topological polar surface area (TPSA) is 122 Å². The molecule has 0 amide bonds. The Kier molecular flexibility index (Phi) is 5.66. The maximum Gasteiger partial charge on any atom is 0.325 e. The van der Waals surface area contributed by atoms with Gasteiger partial charge in [0, 0.05) is 12.7 Å². The van der Waals surface area contributed by atoms with Crippen LogP contribution in [0.4, 0.5) is 0 Å². The van der Waals surface area contributed by atoms with Crippen molar-refractivity contribution in [2.75, 3.05) is 6.54 Å². The predicted molar refractivity (Wildman–Crippen MR) is 70.5 cm³/mol. The smallest absolute Gasteiger partial charge is 0.325 e. The van der Waals surface area contributed by atoms with Crippen LogP contribution in [0.2, 0.25) is 0 Å². The van der Waals surface area contributed by atoms with E-state index in [0.717, 1.165) is 17.1 Å². The molecule has 0 aliphatic heterocycles. The summed E-state index contributed by atoms with van der Waals surface area (Å²) in [6.45, 7) is 3.34. The molecule has 1 heterocycles. The van der Waals surface area contributed by atoms with Gasteiger partial charge in [-0.05, 0) is 12.3 Å². The van der Waals surface area contributed by atoms with Gasteiger partial charge >= 0.3 is 5.97 Å². The summed E-state index contributed by atoms with van der Waals surface area (Å²) in [5, 5.41) is 21.9. The molecule has 0 aromatic carbocycles.